The Morgan fingerprint density at radius 2 is 2.00 bits per heavy atom. The Labute approximate surface area is 91.3 Å². The molecule has 2 N–H and O–H groups in total. The normalized spacial score (nSPS) is 15.8. The molecule has 0 aromatic carbocycles. The standard InChI is InChI=1S/C12H19N3/c1-2-14-11-6-12(9-13-8-11)15-7-10-4-3-5-10/h6,8-10,14-15H,2-5,7H2,1H3. The second kappa shape index (κ2) is 5.01. The van der Waals surface area contributed by atoms with Crippen molar-refractivity contribution < 1.29 is 0 Å². The van der Waals surface area contributed by atoms with Gasteiger partial charge in [-0.1, -0.05) is 6.42 Å². The minimum absolute atomic E-state index is 0.882. The Hall–Kier alpha value is -1.25. The third-order valence-corrected chi connectivity index (χ3v) is 2.94. The van der Waals surface area contributed by atoms with Crippen LogP contribution in [0.1, 0.15) is 26.2 Å². The summed E-state index contributed by atoms with van der Waals surface area (Å²) in [4.78, 5) is 4.20. The molecule has 3 nitrogen and oxygen atoms in total. The van der Waals surface area contributed by atoms with Gasteiger partial charge in [-0.2, -0.15) is 0 Å². The van der Waals surface area contributed by atoms with E-state index >= 15 is 0 Å². The first-order chi connectivity index (χ1) is 7.38. The highest BCUT2D eigenvalue weighted by molar-refractivity contribution is 5.53. The molecule has 0 amide bonds. The fourth-order valence-corrected chi connectivity index (χ4v) is 1.80. The van der Waals surface area contributed by atoms with Gasteiger partial charge in [-0.05, 0) is 31.7 Å². The van der Waals surface area contributed by atoms with E-state index < -0.39 is 0 Å². The number of anilines is 2. The number of hydrogen-bond acceptors (Lipinski definition) is 3. The molecule has 1 fully saturated rings. The molecule has 0 spiro atoms. The summed E-state index contributed by atoms with van der Waals surface area (Å²) in [5, 5.41) is 6.70. The van der Waals surface area contributed by atoms with Crippen molar-refractivity contribution in [3.05, 3.63) is 18.5 Å². The number of nitrogens with zero attached hydrogens (tertiary/aromatic N) is 1. The van der Waals surface area contributed by atoms with Crippen molar-refractivity contribution in [3.63, 3.8) is 0 Å². The zero-order valence-electron chi connectivity index (χ0n) is 9.29. The second-order valence-corrected chi connectivity index (χ2v) is 4.17. The summed E-state index contributed by atoms with van der Waals surface area (Å²) in [7, 11) is 0. The average molecular weight is 205 g/mol. The number of nitrogens with one attached hydrogen (secondary N) is 2. The predicted octanol–water partition coefficient (Wildman–Crippen LogP) is 2.73. The molecule has 0 aliphatic heterocycles. The summed E-state index contributed by atoms with van der Waals surface area (Å²) in [6.07, 6.45) is 7.92. The van der Waals surface area contributed by atoms with E-state index in [-0.39, 0.29) is 0 Å². The van der Waals surface area contributed by atoms with Crippen molar-refractivity contribution in [3.8, 4) is 0 Å². The van der Waals surface area contributed by atoms with E-state index in [0.717, 1.165) is 30.4 Å². The smallest absolute Gasteiger partial charge is 0.0547 e. The minimum Gasteiger partial charge on any atom is -0.384 e. The topological polar surface area (TPSA) is 37.0 Å². The van der Waals surface area contributed by atoms with Gasteiger partial charge in [0.15, 0.2) is 0 Å². The van der Waals surface area contributed by atoms with E-state index in [1.54, 1.807) is 0 Å². The Morgan fingerprint density at radius 1 is 1.27 bits per heavy atom. The molecule has 15 heavy (non-hydrogen) atoms. The van der Waals surface area contributed by atoms with Gasteiger partial charge in [-0.3, -0.25) is 4.98 Å². The molecule has 0 saturated heterocycles. The lowest BCUT2D eigenvalue weighted by molar-refractivity contribution is 0.333. The van der Waals surface area contributed by atoms with Crippen LogP contribution in [-0.2, 0) is 0 Å². The van der Waals surface area contributed by atoms with Crippen LogP contribution >= 0.6 is 0 Å². The molecule has 1 aliphatic carbocycles. The van der Waals surface area contributed by atoms with Gasteiger partial charge < -0.3 is 10.6 Å². The largest absolute Gasteiger partial charge is 0.384 e. The molecule has 1 saturated carbocycles. The summed E-state index contributed by atoms with van der Waals surface area (Å²) < 4.78 is 0. The molecule has 1 heterocycles. The van der Waals surface area contributed by atoms with Crippen LogP contribution in [-0.4, -0.2) is 18.1 Å². The van der Waals surface area contributed by atoms with Gasteiger partial charge >= 0.3 is 0 Å². The van der Waals surface area contributed by atoms with Gasteiger partial charge in [0.05, 0.1) is 23.8 Å². The van der Waals surface area contributed by atoms with Gasteiger partial charge in [0.2, 0.25) is 0 Å². The van der Waals surface area contributed by atoms with Crippen LogP contribution in [0.15, 0.2) is 18.5 Å². The third-order valence-electron chi connectivity index (χ3n) is 2.94. The van der Waals surface area contributed by atoms with Gasteiger partial charge in [0.1, 0.15) is 0 Å². The fourth-order valence-electron chi connectivity index (χ4n) is 1.80. The van der Waals surface area contributed by atoms with E-state index in [1.165, 1.54) is 19.3 Å². The summed E-state index contributed by atoms with van der Waals surface area (Å²) >= 11 is 0. The van der Waals surface area contributed by atoms with Crippen LogP contribution in [0, 0.1) is 5.92 Å². The second-order valence-electron chi connectivity index (χ2n) is 4.17. The maximum Gasteiger partial charge on any atom is 0.0547 e. The first-order valence-corrected chi connectivity index (χ1v) is 5.81. The zero-order valence-corrected chi connectivity index (χ0v) is 9.29. The maximum absolute atomic E-state index is 4.20. The summed E-state index contributed by atoms with van der Waals surface area (Å²) in [5.41, 5.74) is 2.22. The van der Waals surface area contributed by atoms with E-state index in [4.69, 9.17) is 0 Å². The molecule has 0 unspecified atom stereocenters. The van der Waals surface area contributed by atoms with Crippen molar-refractivity contribution in [1.29, 1.82) is 0 Å². The van der Waals surface area contributed by atoms with Crippen molar-refractivity contribution in [2.45, 2.75) is 26.2 Å². The molecular formula is C12H19N3. The van der Waals surface area contributed by atoms with Crippen molar-refractivity contribution >= 4 is 11.4 Å². The summed E-state index contributed by atoms with van der Waals surface area (Å²) in [6.45, 7) is 4.12. The van der Waals surface area contributed by atoms with Gasteiger partial charge in [0, 0.05) is 13.1 Å². The van der Waals surface area contributed by atoms with Gasteiger partial charge in [0.25, 0.3) is 0 Å². The van der Waals surface area contributed by atoms with E-state index in [9.17, 15) is 0 Å². The maximum atomic E-state index is 4.20. The van der Waals surface area contributed by atoms with Gasteiger partial charge in [-0.25, -0.2) is 0 Å². The lowest BCUT2D eigenvalue weighted by atomic mass is 9.85. The highest BCUT2D eigenvalue weighted by Gasteiger charge is 2.16. The molecule has 1 aliphatic rings. The van der Waals surface area contributed by atoms with Gasteiger partial charge in [-0.15, -0.1) is 0 Å². The van der Waals surface area contributed by atoms with E-state index in [1.807, 2.05) is 12.4 Å². The highest BCUT2D eigenvalue weighted by Crippen LogP contribution is 2.26. The Kier molecular flexibility index (Phi) is 3.43. The fraction of sp³-hybridized carbons (Fsp3) is 0.583. The van der Waals surface area contributed by atoms with Crippen LogP contribution in [0.25, 0.3) is 0 Å². The number of aromatic nitrogens is 1. The summed E-state index contributed by atoms with van der Waals surface area (Å²) in [5.74, 6) is 0.882. The van der Waals surface area contributed by atoms with Crippen LogP contribution in [0.2, 0.25) is 0 Å². The van der Waals surface area contributed by atoms with E-state index in [0.29, 0.717) is 0 Å². The quantitative estimate of drug-likeness (QED) is 0.776. The Balaban J connectivity index is 1.86. The minimum atomic E-state index is 0.882. The molecule has 2 rings (SSSR count). The van der Waals surface area contributed by atoms with Crippen molar-refractivity contribution in [1.82, 2.24) is 4.98 Å². The number of pyridine rings is 1. The number of rotatable bonds is 5. The Morgan fingerprint density at radius 3 is 2.60 bits per heavy atom. The lowest BCUT2D eigenvalue weighted by Crippen LogP contribution is -2.20. The zero-order chi connectivity index (χ0) is 10.5. The third kappa shape index (κ3) is 2.85. The molecule has 3 heteroatoms. The van der Waals surface area contributed by atoms with Crippen LogP contribution in [0.5, 0.6) is 0 Å². The van der Waals surface area contributed by atoms with Crippen LogP contribution < -0.4 is 10.6 Å². The van der Waals surface area contributed by atoms with Crippen molar-refractivity contribution in [2.75, 3.05) is 23.7 Å². The summed E-state index contributed by atoms with van der Waals surface area (Å²) in [6, 6.07) is 2.12. The van der Waals surface area contributed by atoms with E-state index in [2.05, 4.69) is 28.6 Å². The highest BCUT2D eigenvalue weighted by atomic mass is 14.9. The molecule has 0 bridgehead atoms. The molecule has 0 radical (unpaired) electrons. The molecule has 0 atom stereocenters. The SMILES string of the molecule is CCNc1cncc(NCC2CCC2)c1. The first-order valence-electron chi connectivity index (χ1n) is 5.81. The molecule has 1 aromatic heterocycles. The monoisotopic (exact) mass is 205 g/mol. The molecule has 1 aromatic rings. The molecule has 82 valence electrons. The molecular weight excluding hydrogens is 186 g/mol. The number of hydrogen-bond donors (Lipinski definition) is 2. The first kappa shape index (κ1) is 10.3. The van der Waals surface area contributed by atoms with Crippen LogP contribution in [0.4, 0.5) is 11.4 Å². The predicted molar refractivity (Wildman–Crippen MR) is 64.2 cm³/mol. The average Bonchev–Trinajstić information content (AvgIpc) is 2.16. The van der Waals surface area contributed by atoms with Crippen molar-refractivity contribution in [2.24, 2.45) is 5.92 Å². The Bertz CT molecular complexity index is 307. The lowest BCUT2D eigenvalue weighted by Gasteiger charge is -2.25. The van der Waals surface area contributed by atoms with Crippen LogP contribution in [0.3, 0.4) is 0 Å².